The fourth-order valence-corrected chi connectivity index (χ4v) is 5.95. The van der Waals surface area contributed by atoms with Crippen LogP contribution in [0.3, 0.4) is 0 Å². The van der Waals surface area contributed by atoms with E-state index in [1.807, 2.05) is 49.4 Å². The topological polar surface area (TPSA) is 69.7 Å². The van der Waals surface area contributed by atoms with E-state index in [0.29, 0.717) is 44.2 Å². The number of anilines is 2. The largest absolute Gasteiger partial charge is 0.325 e. The van der Waals surface area contributed by atoms with Gasteiger partial charge in [-0.1, -0.05) is 87.4 Å². The predicted octanol–water partition coefficient (Wildman–Crippen LogP) is 5.77. The summed E-state index contributed by atoms with van der Waals surface area (Å²) in [5.41, 5.74) is 3.31. The SMILES string of the molecule is CCCC[C@H](CC)CN1C(=O)/C(=C2/C(=O)N(CC(=O)Nc3cccc(C)c3)c3ccccc32)SC1=S. The van der Waals surface area contributed by atoms with Crippen LogP contribution in [0, 0.1) is 12.8 Å². The molecule has 2 aromatic carbocycles. The number of unbranched alkanes of at least 4 members (excludes halogenated alkanes) is 1. The van der Waals surface area contributed by atoms with Crippen molar-refractivity contribution < 1.29 is 14.4 Å². The van der Waals surface area contributed by atoms with Gasteiger partial charge in [-0.25, -0.2) is 0 Å². The second kappa shape index (κ2) is 11.4. The van der Waals surface area contributed by atoms with E-state index < -0.39 is 0 Å². The summed E-state index contributed by atoms with van der Waals surface area (Å²) in [7, 11) is 0. The highest BCUT2D eigenvalue weighted by Crippen LogP contribution is 2.44. The molecule has 188 valence electrons. The Balaban J connectivity index is 1.59. The fourth-order valence-electron chi connectivity index (χ4n) is 4.61. The lowest BCUT2D eigenvalue weighted by molar-refractivity contribution is -0.123. The summed E-state index contributed by atoms with van der Waals surface area (Å²) in [4.78, 5) is 43.4. The highest BCUT2D eigenvalue weighted by Gasteiger charge is 2.42. The summed E-state index contributed by atoms with van der Waals surface area (Å²) >= 11 is 6.76. The first kappa shape index (κ1) is 26.1. The maximum Gasteiger partial charge on any atom is 0.267 e. The van der Waals surface area contributed by atoms with Gasteiger partial charge in [0.25, 0.3) is 11.8 Å². The van der Waals surface area contributed by atoms with Crippen LogP contribution < -0.4 is 10.2 Å². The summed E-state index contributed by atoms with van der Waals surface area (Å²) in [5, 5.41) is 2.86. The molecule has 2 aliphatic rings. The van der Waals surface area contributed by atoms with Crippen LogP contribution in [0.1, 0.15) is 50.7 Å². The lowest BCUT2D eigenvalue weighted by Crippen LogP contribution is -2.36. The number of rotatable bonds is 9. The number of carbonyl (C=O) groups excluding carboxylic acids is 3. The third-order valence-electron chi connectivity index (χ3n) is 6.59. The molecule has 6 nitrogen and oxygen atoms in total. The van der Waals surface area contributed by atoms with E-state index in [4.69, 9.17) is 12.2 Å². The minimum absolute atomic E-state index is 0.150. The predicted molar refractivity (Wildman–Crippen MR) is 151 cm³/mol. The van der Waals surface area contributed by atoms with E-state index in [1.165, 1.54) is 16.7 Å². The van der Waals surface area contributed by atoms with Crippen LogP contribution in [0.25, 0.3) is 5.57 Å². The molecule has 0 saturated carbocycles. The van der Waals surface area contributed by atoms with E-state index in [0.717, 1.165) is 31.2 Å². The van der Waals surface area contributed by atoms with Gasteiger partial charge in [-0.2, -0.15) is 0 Å². The van der Waals surface area contributed by atoms with Crippen LogP contribution in [-0.2, 0) is 14.4 Å². The van der Waals surface area contributed by atoms with Gasteiger partial charge in [-0.3, -0.25) is 24.2 Å². The number of fused-ring (bicyclic) bond motifs is 1. The van der Waals surface area contributed by atoms with Crippen LogP contribution in [0.4, 0.5) is 11.4 Å². The first-order valence-corrected chi connectivity index (χ1v) is 13.6. The number of aryl methyl sites for hydroxylation is 1. The molecule has 1 saturated heterocycles. The molecule has 3 amide bonds. The smallest absolute Gasteiger partial charge is 0.267 e. The third-order valence-corrected chi connectivity index (χ3v) is 8.04. The van der Waals surface area contributed by atoms with Crippen LogP contribution in [0.5, 0.6) is 0 Å². The number of thioether (sulfide) groups is 1. The number of benzene rings is 2. The van der Waals surface area contributed by atoms with Gasteiger partial charge in [-0.15, -0.1) is 0 Å². The first-order valence-electron chi connectivity index (χ1n) is 12.4. The molecule has 0 aliphatic carbocycles. The quantitative estimate of drug-likeness (QED) is 0.335. The first-order chi connectivity index (χ1) is 17.3. The highest BCUT2D eigenvalue weighted by molar-refractivity contribution is 8.26. The van der Waals surface area contributed by atoms with Crippen molar-refractivity contribution in [2.24, 2.45) is 5.92 Å². The van der Waals surface area contributed by atoms with Gasteiger partial charge < -0.3 is 5.32 Å². The Morgan fingerprint density at radius 3 is 2.56 bits per heavy atom. The Morgan fingerprint density at radius 1 is 1.06 bits per heavy atom. The molecule has 1 fully saturated rings. The summed E-state index contributed by atoms with van der Waals surface area (Å²) in [6.07, 6.45) is 4.23. The highest BCUT2D eigenvalue weighted by atomic mass is 32.2. The average molecular weight is 522 g/mol. The maximum absolute atomic E-state index is 13.6. The van der Waals surface area contributed by atoms with Crippen molar-refractivity contribution in [1.82, 2.24) is 4.90 Å². The zero-order chi connectivity index (χ0) is 25.8. The van der Waals surface area contributed by atoms with Crippen molar-refractivity contribution in [2.45, 2.75) is 46.5 Å². The maximum atomic E-state index is 13.6. The number of hydrogen-bond donors (Lipinski definition) is 1. The molecule has 2 aromatic rings. The van der Waals surface area contributed by atoms with Gasteiger partial charge in [0.2, 0.25) is 5.91 Å². The van der Waals surface area contributed by atoms with E-state index in [-0.39, 0.29) is 24.3 Å². The molecule has 2 aliphatic heterocycles. The molecule has 4 rings (SSSR count). The molecular formula is C28H31N3O3S2. The monoisotopic (exact) mass is 521 g/mol. The minimum atomic E-state index is -0.353. The van der Waals surface area contributed by atoms with Crippen LogP contribution in [0.15, 0.2) is 53.4 Å². The molecule has 2 heterocycles. The number of carbonyl (C=O) groups is 3. The minimum Gasteiger partial charge on any atom is -0.325 e. The van der Waals surface area contributed by atoms with Gasteiger partial charge in [-0.05, 0) is 43.0 Å². The molecule has 1 N–H and O–H groups in total. The Morgan fingerprint density at radius 2 is 1.83 bits per heavy atom. The van der Waals surface area contributed by atoms with Crippen molar-refractivity contribution in [3.05, 3.63) is 64.6 Å². The molecule has 8 heteroatoms. The second-order valence-electron chi connectivity index (χ2n) is 9.23. The van der Waals surface area contributed by atoms with Gasteiger partial charge in [0.1, 0.15) is 10.9 Å². The normalized spacial score (nSPS) is 18.1. The molecule has 0 spiro atoms. The van der Waals surface area contributed by atoms with E-state index >= 15 is 0 Å². The van der Waals surface area contributed by atoms with Crippen LogP contribution in [0.2, 0.25) is 0 Å². The molecule has 0 bridgehead atoms. The van der Waals surface area contributed by atoms with Gasteiger partial charge in [0.05, 0.1) is 16.2 Å². The van der Waals surface area contributed by atoms with Crippen molar-refractivity contribution in [2.75, 3.05) is 23.3 Å². The van der Waals surface area contributed by atoms with Gasteiger partial charge in [0, 0.05) is 17.8 Å². The standard InChI is InChI=1S/C28H31N3O3S2/c1-4-6-11-19(5-2)16-31-27(34)25(36-28(31)35)24-21-13-7-8-14-22(21)30(26(24)33)17-23(32)29-20-12-9-10-18(3)15-20/h7-10,12-15,19H,4-6,11,16-17H2,1-3H3,(H,29,32)/b25-24-/t19-/m0/s1. The number of thiocarbonyl (C=S) groups is 1. The Hall–Kier alpha value is -2.97. The second-order valence-corrected chi connectivity index (χ2v) is 10.9. The van der Waals surface area contributed by atoms with E-state index in [1.54, 1.807) is 11.0 Å². The van der Waals surface area contributed by atoms with Crippen molar-refractivity contribution >= 4 is 63.0 Å². The molecular weight excluding hydrogens is 490 g/mol. The Bertz CT molecular complexity index is 1240. The molecule has 1 atom stereocenters. The van der Waals surface area contributed by atoms with Gasteiger partial charge in [0.15, 0.2) is 0 Å². The summed E-state index contributed by atoms with van der Waals surface area (Å²) in [6.45, 7) is 6.66. The third kappa shape index (κ3) is 5.39. The molecule has 36 heavy (non-hydrogen) atoms. The van der Waals surface area contributed by atoms with Crippen molar-refractivity contribution in [3.8, 4) is 0 Å². The molecule has 0 unspecified atom stereocenters. The lowest BCUT2D eigenvalue weighted by atomic mass is 9.98. The summed E-state index contributed by atoms with van der Waals surface area (Å²) in [6, 6.07) is 14.8. The zero-order valence-corrected chi connectivity index (χ0v) is 22.5. The van der Waals surface area contributed by atoms with Gasteiger partial charge >= 0.3 is 0 Å². The Kier molecular flexibility index (Phi) is 8.26. The average Bonchev–Trinajstić information content (AvgIpc) is 3.28. The molecule has 0 aromatic heterocycles. The van der Waals surface area contributed by atoms with E-state index in [2.05, 4.69) is 19.2 Å². The van der Waals surface area contributed by atoms with Crippen LogP contribution >= 0.6 is 24.0 Å². The summed E-state index contributed by atoms with van der Waals surface area (Å²) < 4.78 is 0.485. The summed E-state index contributed by atoms with van der Waals surface area (Å²) in [5.74, 6) is -0.511. The lowest BCUT2D eigenvalue weighted by Gasteiger charge is -2.21. The number of amides is 3. The van der Waals surface area contributed by atoms with Crippen molar-refractivity contribution in [1.29, 1.82) is 0 Å². The van der Waals surface area contributed by atoms with E-state index in [9.17, 15) is 14.4 Å². The Labute approximate surface area is 222 Å². The number of hydrogen-bond acceptors (Lipinski definition) is 5. The van der Waals surface area contributed by atoms with Crippen molar-refractivity contribution in [3.63, 3.8) is 0 Å². The molecule has 0 radical (unpaired) electrons. The number of nitrogens with one attached hydrogen (secondary N) is 1. The fraction of sp³-hybridized carbons (Fsp3) is 0.357. The zero-order valence-electron chi connectivity index (χ0n) is 20.9. The number of para-hydroxylation sites is 1. The van der Waals surface area contributed by atoms with Crippen LogP contribution in [-0.4, -0.2) is 40.0 Å². The number of nitrogens with zero attached hydrogens (tertiary/aromatic N) is 2.